The van der Waals surface area contributed by atoms with Gasteiger partial charge in [-0.25, -0.2) is 4.79 Å². The zero-order valence-corrected chi connectivity index (χ0v) is 60.1. The van der Waals surface area contributed by atoms with Crippen LogP contribution in [0.1, 0.15) is 140 Å². The molecule has 108 heavy (non-hydrogen) atoms. The summed E-state index contributed by atoms with van der Waals surface area (Å²) in [7, 11) is 0. The lowest BCUT2D eigenvalue weighted by Crippen LogP contribution is -2.62. The van der Waals surface area contributed by atoms with E-state index in [0.717, 1.165) is 52.9 Å². The minimum atomic E-state index is -2.42. The highest BCUT2D eigenvalue weighted by Gasteiger charge is 2.40. The Labute approximate surface area is 618 Å². The number of carbonyl (C=O) groups excluding carboxylic acids is 14. The number of ether oxygens (including phenoxy) is 1. The van der Waals surface area contributed by atoms with Gasteiger partial charge in [-0.05, 0) is 69.3 Å². The number of fused-ring (bicyclic) bond motifs is 1. The van der Waals surface area contributed by atoms with E-state index < -0.39 is 231 Å². The Bertz CT molecular complexity index is 3700. The first kappa shape index (κ1) is 90.5. The number of aliphatic hydroxyl groups is 1. The Morgan fingerprint density at radius 1 is 0.500 bits per heavy atom. The second kappa shape index (κ2) is 46.3. The Morgan fingerprint density at radius 3 is 1.58 bits per heavy atom. The van der Waals surface area contributed by atoms with Crippen LogP contribution in [-0.2, 0) is 92.7 Å². The number of carboxylic acid groups (broad SMARTS) is 4. The summed E-state index contributed by atoms with van der Waals surface area (Å²) in [6, 6.07) is -7.32. The van der Waals surface area contributed by atoms with Crippen LogP contribution in [0.15, 0.2) is 54.7 Å². The Balaban J connectivity index is 2.18. The van der Waals surface area contributed by atoms with Crippen LogP contribution in [0, 0.1) is 5.92 Å². The molecule has 12 atom stereocenters. The van der Waals surface area contributed by atoms with Crippen LogP contribution < -0.4 is 81.4 Å². The zero-order valence-electron chi connectivity index (χ0n) is 60.1. The summed E-state index contributed by atoms with van der Waals surface area (Å²) in [6.45, 7) is 2.04. The van der Waals surface area contributed by atoms with Gasteiger partial charge in [0.15, 0.2) is 5.78 Å². The number of H-pyrrole nitrogens is 1. The molecule has 0 aliphatic carbocycles. The van der Waals surface area contributed by atoms with Gasteiger partial charge in [-0.1, -0.05) is 82.7 Å². The summed E-state index contributed by atoms with van der Waals surface area (Å²) in [6.07, 6.45) is -0.609. The van der Waals surface area contributed by atoms with Gasteiger partial charge < -0.3 is 117 Å². The molecule has 0 saturated heterocycles. The minimum absolute atomic E-state index is 0.00833. The molecule has 3 aromatic rings. The molecule has 25 N–H and O–H groups in total. The van der Waals surface area contributed by atoms with Crippen molar-refractivity contribution < 1.29 is 117 Å². The monoisotopic (exact) mass is 1520 g/mol. The second-order valence-corrected chi connectivity index (χ2v) is 25.4. The van der Waals surface area contributed by atoms with Crippen LogP contribution in [-0.4, -0.2) is 230 Å². The molecule has 12 amide bonds. The lowest BCUT2D eigenvalue weighted by Gasteiger charge is -2.30. The van der Waals surface area contributed by atoms with Gasteiger partial charge in [0.2, 0.25) is 70.9 Å². The highest BCUT2D eigenvalue weighted by atomic mass is 16.5. The number of rotatable bonds is 51. The fourth-order valence-electron chi connectivity index (χ4n) is 10.8. The predicted molar refractivity (Wildman–Crippen MR) is 380 cm³/mol. The number of Topliss-reactive ketones (excluding diaryl/α,β-unsaturated/α-hetero) is 1. The van der Waals surface area contributed by atoms with Crippen LogP contribution >= 0.6 is 0 Å². The van der Waals surface area contributed by atoms with E-state index in [2.05, 4.69) is 65.1 Å². The number of benzene rings is 2. The van der Waals surface area contributed by atoms with Gasteiger partial charge in [-0.3, -0.25) is 81.5 Å². The average molecular weight is 1520 g/mol. The number of hydrogen-bond donors (Lipinski definition) is 21. The fraction of sp³-hybridized carbons (Fsp3) is 0.529. The zero-order chi connectivity index (χ0) is 80.9. The summed E-state index contributed by atoms with van der Waals surface area (Å²) < 4.78 is 5.66. The molecular weight excluding hydrogens is 1420 g/mol. The maximum atomic E-state index is 14.7. The molecule has 0 unspecified atom stereocenters. The molecule has 40 nitrogen and oxygen atoms in total. The average Bonchev–Trinajstić information content (AvgIpc) is 1.54. The van der Waals surface area contributed by atoms with E-state index in [1.165, 1.54) is 24.3 Å². The normalized spacial score (nSPS) is 14.3. The van der Waals surface area contributed by atoms with Gasteiger partial charge in [0.1, 0.15) is 66.5 Å². The Hall–Kier alpha value is -11.7. The largest absolute Gasteiger partial charge is 0.481 e. The van der Waals surface area contributed by atoms with E-state index in [4.69, 9.17) is 27.7 Å². The van der Waals surface area contributed by atoms with E-state index in [1.54, 1.807) is 30.5 Å². The molecule has 0 spiro atoms. The van der Waals surface area contributed by atoms with Crippen molar-refractivity contribution in [2.75, 3.05) is 32.0 Å². The standard InChI is InChI=1S/C68H98N16O24/c1-5-6-7-8-9-10-11-22-51(88)77-43(25-37-31-73-41-20-15-13-17-38(37)41)61(99)79-44(27-50(72)87)62(100)81-46(29-56(95)96)63(101)84-58(65(103)74-32-53(90)76-42(21-16-23-69)59(97)80-45(28-55(93)94)60(98)75-35(3)67(105)106)36(4)108-68(107)47(26-49(86)39-18-12-14-19-40(39)71)82-66(104)57(34(2)24-54(91)92)83-64(102)48(33-85)78-52(89)30-70/h12-15,17-20,31,34-36,42-48,57-58,73,85H,5-11,16,21-30,32-33,69-71H2,1-4H3,(H2,72,87)(H,74,103)(H,75,98)(H,76,90)(H,77,88)(H,78,89)(H,79,99)(H,80,97)(H,81,100)(H,82,104)(H,83,102)(H,84,101)(H,91,92)(H,93,94)(H,95,96)(H,105,106)/t34-,35+,36+,42-,43-,44+,45-,46-,47-,48+,57-,58-/m0/s1. The van der Waals surface area contributed by atoms with Crippen molar-refractivity contribution in [3.8, 4) is 0 Å². The van der Waals surface area contributed by atoms with Crippen LogP contribution in [0.25, 0.3) is 10.9 Å². The SMILES string of the molecule is CCCCCCCCCC(=O)N[C@@H](Cc1c[nH]c2ccccc12)C(=O)N[C@H](CC(N)=O)C(=O)N[C@@H](CC(=O)O)C(=O)N[C@H](C(=O)NCC(=O)N[C@@H](CCCN)C(=O)N[C@@H](CC(=O)O)C(=O)N[C@H](C)C(=O)O)[C@@H](C)OC(=O)[C@H](CC(=O)c1ccccc1N)NC(=O)[C@@H](NC(=O)[C@@H](CO)NC(=O)CN)[C@@H](C)CC(=O)O. The maximum Gasteiger partial charge on any atom is 0.329 e. The smallest absolute Gasteiger partial charge is 0.329 e. The van der Waals surface area contributed by atoms with E-state index in [9.17, 15) is 112 Å². The highest BCUT2D eigenvalue weighted by Crippen LogP contribution is 2.21. The molecule has 594 valence electrons. The lowest BCUT2D eigenvalue weighted by atomic mass is 9.96. The number of nitrogens with one attached hydrogen (secondary N) is 12. The van der Waals surface area contributed by atoms with Crippen molar-refractivity contribution in [2.45, 2.75) is 197 Å². The summed E-state index contributed by atoms with van der Waals surface area (Å²) in [5, 5.41) is 73.6. The summed E-state index contributed by atoms with van der Waals surface area (Å²) in [4.78, 5) is 245. The number of aliphatic hydroxyl groups excluding tert-OH is 1. The number of carbonyl (C=O) groups is 18. The molecule has 40 heteroatoms. The van der Waals surface area contributed by atoms with Crippen LogP contribution in [0.3, 0.4) is 0 Å². The number of ketones is 1. The maximum absolute atomic E-state index is 14.7. The molecule has 0 aliphatic heterocycles. The highest BCUT2D eigenvalue weighted by molar-refractivity contribution is 6.05. The summed E-state index contributed by atoms with van der Waals surface area (Å²) in [5.41, 5.74) is 23.4. The molecule has 1 heterocycles. The lowest BCUT2D eigenvalue weighted by molar-refractivity contribution is -0.156. The molecule has 2 aromatic carbocycles. The number of aromatic nitrogens is 1. The molecule has 0 bridgehead atoms. The van der Waals surface area contributed by atoms with Crippen LogP contribution in [0.5, 0.6) is 0 Å². The number of esters is 1. The number of unbranched alkanes of at least 4 members (excludes halogenated alkanes) is 6. The number of amides is 12. The molecule has 3 rings (SSSR count). The number of nitrogens with two attached hydrogens (primary N) is 4. The molecule has 0 aliphatic rings. The van der Waals surface area contributed by atoms with E-state index in [0.29, 0.717) is 29.3 Å². The number of nitrogen functional groups attached to an aromatic ring is 1. The number of anilines is 1. The minimum Gasteiger partial charge on any atom is -0.481 e. The van der Waals surface area contributed by atoms with Gasteiger partial charge in [-0.2, -0.15) is 0 Å². The Kier molecular flexibility index (Phi) is 38.8. The Morgan fingerprint density at radius 2 is 1.01 bits per heavy atom. The third kappa shape index (κ3) is 31.6. The van der Waals surface area contributed by atoms with Crippen molar-refractivity contribution in [2.24, 2.45) is 23.1 Å². The van der Waals surface area contributed by atoms with Gasteiger partial charge >= 0.3 is 29.8 Å². The molecule has 0 fully saturated rings. The van der Waals surface area contributed by atoms with E-state index in [1.807, 2.05) is 5.32 Å². The van der Waals surface area contributed by atoms with Gasteiger partial charge in [-0.15, -0.1) is 0 Å². The quantitative estimate of drug-likeness (QED) is 0.0109. The molecular formula is C68H98N16O24. The third-order valence-electron chi connectivity index (χ3n) is 16.6. The molecule has 0 radical (unpaired) electrons. The molecule has 0 saturated carbocycles. The van der Waals surface area contributed by atoms with Crippen molar-refractivity contribution in [1.82, 2.24) is 63.5 Å². The van der Waals surface area contributed by atoms with Crippen molar-refractivity contribution >= 4 is 123 Å². The van der Waals surface area contributed by atoms with Gasteiger partial charge in [0, 0.05) is 47.6 Å². The fourth-order valence-corrected chi connectivity index (χ4v) is 10.8. The van der Waals surface area contributed by atoms with Crippen molar-refractivity contribution in [1.29, 1.82) is 0 Å². The summed E-state index contributed by atoms with van der Waals surface area (Å²) in [5.74, 6) is -25.5. The van der Waals surface area contributed by atoms with Crippen molar-refractivity contribution in [3.05, 3.63) is 65.9 Å². The number of para-hydroxylation sites is 2. The molecule has 1 aromatic heterocycles. The first-order valence-corrected chi connectivity index (χ1v) is 34.6. The van der Waals surface area contributed by atoms with Crippen LogP contribution in [0.4, 0.5) is 5.69 Å². The third-order valence-corrected chi connectivity index (χ3v) is 16.6. The van der Waals surface area contributed by atoms with Crippen molar-refractivity contribution in [3.63, 3.8) is 0 Å². The number of primary amides is 1. The van der Waals surface area contributed by atoms with Gasteiger partial charge in [0.25, 0.3) is 0 Å². The topological polar surface area (TPSA) is 670 Å². The van der Waals surface area contributed by atoms with E-state index >= 15 is 0 Å². The second-order valence-electron chi connectivity index (χ2n) is 25.4. The van der Waals surface area contributed by atoms with Gasteiger partial charge in [0.05, 0.1) is 45.4 Å². The van der Waals surface area contributed by atoms with E-state index in [-0.39, 0.29) is 43.5 Å². The number of carboxylic acids is 4. The predicted octanol–water partition coefficient (Wildman–Crippen LogP) is -4.67. The van der Waals surface area contributed by atoms with Crippen LogP contribution in [0.2, 0.25) is 0 Å². The number of aromatic amines is 1. The first-order chi connectivity index (χ1) is 51.0. The summed E-state index contributed by atoms with van der Waals surface area (Å²) >= 11 is 0. The number of hydrogen-bond acceptors (Lipinski definition) is 23. The first-order valence-electron chi connectivity index (χ1n) is 34.6. The number of aliphatic carboxylic acids is 4.